The number of hydrogen-bond acceptors (Lipinski definition) is 5. The Bertz CT molecular complexity index is 1330. The van der Waals surface area contributed by atoms with E-state index in [1.54, 1.807) is 29.4 Å². The zero-order valence-electron chi connectivity index (χ0n) is 21.4. The van der Waals surface area contributed by atoms with Gasteiger partial charge in [-0.2, -0.15) is 11.3 Å². The first kappa shape index (κ1) is 26.8. The molecule has 2 unspecified atom stereocenters. The molecule has 9 heteroatoms. The number of anilines is 1. The summed E-state index contributed by atoms with van der Waals surface area (Å²) >= 11 is 13.7. The molecule has 0 saturated carbocycles. The molecule has 1 aromatic heterocycles. The molecule has 0 radical (unpaired) electrons. The predicted octanol–water partition coefficient (Wildman–Crippen LogP) is 5.84. The summed E-state index contributed by atoms with van der Waals surface area (Å²) in [6.07, 6.45) is 10.7. The van der Waals surface area contributed by atoms with Crippen LogP contribution in [0.1, 0.15) is 37.3 Å². The summed E-state index contributed by atoms with van der Waals surface area (Å²) in [5, 5.41) is 11.6. The number of benzene rings is 1. The summed E-state index contributed by atoms with van der Waals surface area (Å²) in [6, 6.07) is 7.50. The van der Waals surface area contributed by atoms with E-state index in [4.69, 9.17) is 33.5 Å². The number of carbonyl (C=O) groups is 1. The van der Waals surface area contributed by atoms with E-state index in [1.807, 2.05) is 35.0 Å². The molecule has 1 aliphatic heterocycles. The predicted molar refractivity (Wildman–Crippen MR) is 160 cm³/mol. The van der Waals surface area contributed by atoms with Gasteiger partial charge in [-0.15, -0.1) is 0 Å². The van der Waals surface area contributed by atoms with Crippen molar-refractivity contribution in [3.05, 3.63) is 86.7 Å². The van der Waals surface area contributed by atoms with Crippen LogP contribution in [0.15, 0.2) is 75.6 Å². The highest BCUT2D eigenvalue weighted by Gasteiger charge is 2.39. The number of nitrogens with one attached hydrogen (secondary N) is 2. The second kappa shape index (κ2) is 11.9. The topological polar surface area (TPSA) is 66.0 Å². The summed E-state index contributed by atoms with van der Waals surface area (Å²) in [6.45, 7) is 3.67. The summed E-state index contributed by atoms with van der Waals surface area (Å²) in [5.41, 5.74) is 5.55. The highest BCUT2D eigenvalue weighted by molar-refractivity contribution is 7.80. The van der Waals surface area contributed by atoms with E-state index >= 15 is 0 Å². The van der Waals surface area contributed by atoms with Gasteiger partial charge in [-0.1, -0.05) is 42.8 Å². The number of amides is 1. The van der Waals surface area contributed by atoms with Crippen molar-refractivity contribution in [1.82, 2.24) is 10.6 Å². The third-order valence-electron chi connectivity index (χ3n) is 7.04. The van der Waals surface area contributed by atoms with Crippen LogP contribution < -0.4 is 15.5 Å². The third-order valence-corrected chi connectivity index (χ3v) is 8.18. The van der Waals surface area contributed by atoms with Gasteiger partial charge in [0, 0.05) is 59.3 Å². The number of thiocarbonyl (C=S) groups is 1. The summed E-state index contributed by atoms with van der Waals surface area (Å²) < 4.78 is 5.69. The summed E-state index contributed by atoms with van der Waals surface area (Å²) in [4.78, 5) is 20.0. The van der Waals surface area contributed by atoms with Gasteiger partial charge in [-0.05, 0) is 66.7 Å². The Labute approximate surface area is 238 Å². The van der Waals surface area contributed by atoms with Gasteiger partial charge in [0.25, 0.3) is 5.91 Å². The monoisotopic (exact) mass is 566 g/mol. The van der Waals surface area contributed by atoms with E-state index < -0.39 is 6.17 Å². The van der Waals surface area contributed by atoms with Crippen LogP contribution in [-0.2, 0) is 9.53 Å². The Kier molecular flexibility index (Phi) is 8.43. The highest BCUT2D eigenvalue weighted by atomic mass is 35.5. The fourth-order valence-electron chi connectivity index (χ4n) is 5.17. The largest absolute Gasteiger partial charge is 0.381 e. The normalized spacial score (nSPS) is 21.9. The Hall–Kier alpha value is -2.78. The Morgan fingerprint density at radius 1 is 1.26 bits per heavy atom. The lowest BCUT2D eigenvalue weighted by Gasteiger charge is -2.41. The van der Waals surface area contributed by atoms with Crippen LogP contribution in [0.2, 0.25) is 5.02 Å². The van der Waals surface area contributed by atoms with E-state index in [0.29, 0.717) is 27.7 Å². The van der Waals surface area contributed by atoms with Crippen molar-refractivity contribution in [2.24, 2.45) is 16.8 Å². The van der Waals surface area contributed by atoms with Crippen molar-refractivity contribution in [2.75, 3.05) is 25.2 Å². The van der Waals surface area contributed by atoms with Crippen molar-refractivity contribution in [3.63, 3.8) is 0 Å². The van der Waals surface area contributed by atoms with E-state index in [-0.39, 0.29) is 5.91 Å². The number of likely N-dealkylation sites (N-methyl/N-ethyl adjacent to an activating group) is 1. The molecule has 1 amide bonds. The highest BCUT2D eigenvalue weighted by Crippen LogP contribution is 2.45. The minimum absolute atomic E-state index is 0.197. The van der Waals surface area contributed by atoms with Crippen molar-refractivity contribution in [2.45, 2.75) is 32.4 Å². The molecule has 2 aromatic rings. The minimum atomic E-state index is -0.884. The number of nitrogens with zero attached hydrogens (tertiary/aromatic N) is 2. The van der Waals surface area contributed by atoms with Crippen LogP contribution in [0.3, 0.4) is 0 Å². The first-order chi connectivity index (χ1) is 18.5. The van der Waals surface area contributed by atoms with Crippen LogP contribution in [0.4, 0.5) is 5.69 Å². The van der Waals surface area contributed by atoms with E-state index in [0.717, 1.165) is 55.0 Å². The quantitative estimate of drug-likeness (QED) is 0.295. The number of benzodiazepines with no additional fused rings is 1. The molecule has 5 rings (SSSR count). The number of carbonyl (C=O) groups excluding carboxylic acids is 1. The lowest BCUT2D eigenvalue weighted by Crippen LogP contribution is -2.51. The maximum absolute atomic E-state index is 13.5. The smallest absolute Gasteiger partial charge is 0.272 e. The fourth-order valence-corrected chi connectivity index (χ4v) is 6.20. The molecule has 3 atom stereocenters. The van der Waals surface area contributed by atoms with Crippen LogP contribution in [-0.4, -0.2) is 43.2 Å². The Morgan fingerprint density at radius 2 is 2.13 bits per heavy atom. The Balaban J connectivity index is 1.35. The van der Waals surface area contributed by atoms with E-state index in [1.165, 1.54) is 5.57 Å². The van der Waals surface area contributed by atoms with Crippen molar-refractivity contribution >= 4 is 57.6 Å². The SMILES string of the molecule is CCCOCCC[C@H]1C(NC(=S)NC2N=C(c3ccsc3)c3cc(Cl)ccc3N(C)C2=O)=C2C=CC=CC21. The molecule has 0 fully saturated rings. The average molecular weight is 567 g/mol. The van der Waals surface area contributed by atoms with Gasteiger partial charge in [0.15, 0.2) is 5.11 Å². The molecule has 3 aliphatic rings. The molecular formula is C29H31ClN4O2S2. The summed E-state index contributed by atoms with van der Waals surface area (Å²) in [7, 11) is 1.75. The number of fused-ring (bicyclic) bond motifs is 2. The second-order valence-corrected chi connectivity index (χ2v) is 11.2. The first-order valence-corrected chi connectivity index (χ1v) is 14.6. The molecule has 198 valence electrons. The molecule has 6 nitrogen and oxygen atoms in total. The number of halogens is 1. The van der Waals surface area contributed by atoms with E-state index in [9.17, 15) is 4.79 Å². The van der Waals surface area contributed by atoms with Gasteiger partial charge in [0.05, 0.1) is 11.4 Å². The van der Waals surface area contributed by atoms with Crippen molar-refractivity contribution < 1.29 is 9.53 Å². The molecule has 38 heavy (non-hydrogen) atoms. The average Bonchev–Trinajstić information content (AvgIpc) is 3.43. The number of thiophene rings is 1. The number of ether oxygens (including phenoxy) is 1. The first-order valence-electron chi connectivity index (χ1n) is 12.9. The van der Waals surface area contributed by atoms with E-state index in [2.05, 4.69) is 35.8 Å². The standard InChI is InChI=1S/C29H31ClN4O2S2/c1-3-13-36-14-6-9-22-20-7-4-5-8-21(20)26(22)32-29(37)33-27-28(35)34(2)24-11-10-19(30)16-23(24)25(31-27)18-12-15-38-17-18/h4-5,7-8,10-12,15-17,20,22,27H,3,6,9,13-14H2,1-2H3,(H2,32,33,37)/t20?,22-,27?/m1/s1. The zero-order valence-corrected chi connectivity index (χ0v) is 23.8. The van der Waals surface area contributed by atoms with Crippen molar-refractivity contribution in [1.29, 1.82) is 0 Å². The maximum Gasteiger partial charge on any atom is 0.272 e. The molecule has 0 bridgehead atoms. The number of aliphatic imine (C=N–C) groups is 1. The minimum Gasteiger partial charge on any atom is -0.381 e. The van der Waals surface area contributed by atoms with Crippen molar-refractivity contribution in [3.8, 4) is 0 Å². The Morgan fingerprint density at radius 3 is 2.92 bits per heavy atom. The second-order valence-electron chi connectivity index (χ2n) is 9.55. The third kappa shape index (κ3) is 5.50. The van der Waals surface area contributed by atoms with Crippen LogP contribution in [0.5, 0.6) is 0 Å². The lowest BCUT2D eigenvalue weighted by atomic mass is 9.67. The lowest BCUT2D eigenvalue weighted by molar-refractivity contribution is -0.119. The van der Waals surface area contributed by atoms with Crippen LogP contribution in [0, 0.1) is 11.8 Å². The molecule has 1 aromatic carbocycles. The molecule has 2 N–H and O–H groups in total. The fraction of sp³-hybridized carbons (Fsp3) is 0.345. The molecule has 2 heterocycles. The molecular weight excluding hydrogens is 536 g/mol. The van der Waals surface area contributed by atoms with Crippen LogP contribution >= 0.6 is 35.2 Å². The van der Waals surface area contributed by atoms with Gasteiger partial charge in [-0.25, -0.2) is 4.99 Å². The maximum atomic E-state index is 13.5. The molecule has 0 spiro atoms. The molecule has 0 saturated heterocycles. The van der Waals surface area contributed by atoms with Gasteiger partial charge >= 0.3 is 0 Å². The number of rotatable bonds is 9. The zero-order chi connectivity index (χ0) is 26.6. The van der Waals surface area contributed by atoms with Gasteiger partial charge in [0.2, 0.25) is 6.17 Å². The van der Waals surface area contributed by atoms with Gasteiger partial charge in [0.1, 0.15) is 0 Å². The summed E-state index contributed by atoms with van der Waals surface area (Å²) in [5.74, 6) is 0.516. The molecule has 2 aliphatic carbocycles. The van der Waals surface area contributed by atoms with Gasteiger partial charge < -0.3 is 20.3 Å². The van der Waals surface area contributed by atoms with Gasteiger partial charge in [-0.3, -0.25) is 4.79 Å². The number of allylic oxidation sites excluding steroid dienone is 6. The van der Waals surface area contributed by atoms with Crippen LogP contribution in [0.25, 0.3) is 0 Å². The number of hydrogen-bond donors (Lipinski definition) is 2.